The lowest BCUT2D eigenvalue weighted by Gasteiger charge is -2.14. The fraction of sp³-hybridized carbons (Fsp3) is 0.250. The molecule has 0 bridgehead atoms. The molecule has 0 fully saturated rings. The average molecular weight is 282 g/mol. The van der Waals surface area contributed by atoms with Gasteiger partial charge in [0.05, 0.1) is 12.8 Å². The zero-order valence-electron chi connectivity index (χ0n) is 11.9. The van der Waals surface area contributed by atoms with Gasteiger partial charge in [-0.2, -0.15) is 5.10 Å². The molecule has 5 heteroatoms. The first-order chi connectivity index (χ1) is 10.3. The number of hydrogen-bond acceptors (Lipinski definition) is 4. The molecule has 0 aliphatic rings. The third kappa shape index (κ3) is 3.72. The highest BCUT2D eigenvalue weighted by Gasteiger charge is 2.05. The fourth-order valence-electron chi connectivity index (χ4n) is 2.27. The summed E-state index contributed by atoms with van der Waals surface area (Å²) in [6.45, 7) is 2.88. The van der Waals surface area contributed by atoms with Gasteiger partial charge in [0.1, 0.15) is 18.4 Å². The quantitative estimate of drug-likeness (QED) is 0.755. The van der Waals surface area contributed by atoms with Gasteiger partial charge in [0, 0.05) is 18.2 Å². The Kier molecular flexibility index (Phi) is 4.00. The highest BCUT2D eigenvalue weighted by molar-refractivity contribution is 5.45. The van der Waals surface area contributed by atoms with E-state index in [1.54, 1.807) is 18.9 Å². The van der Waals surface area contributed by atoms with E-state index in [1.807, 2.05) is 16.8 Å². The molecule has 0 amide bonds. The van der Waals surface area contributed by atoms with Gasteiger partial charge in [0.2, 0.25) is 0 Å². The second-order valence-electron chi connectivity index (χ2n) is 5.12. The van der Waals surface area contributed by atoms with Gasteiger partial charge < -0.3 is 9.73 Å². The Morgan fingerprint density at radius 2 is 2.10 bits per heavy atom. The van der Waals surface area contributed by atoms with Crippen LogP contribution in [-0.4, -0.2) is 20.8 Å². The van der Waals surface area contributed by atoms with Gasteiger partial charge in [-0.3, -0.25) is 0 Å². The zero-order valence-corrected chi connectivity index (χ0v) is 11.9. The van der Waals surface area contributed by atoms with Crippen molar-refractivity contribution in [1.82, 2.24) is 14.8 Å². The predicted molar refractivity (Wildman–Crippen MR) is 81.1 cm³/mol. The van der Waals surface area contributed by atoms with E-state index < -0.39 is 0 Å². The Bertz CT molecular complexity index is 644. The van der Waals surface area contributed by atoms with Crippen molar-refractivity contribution in [3.05, 3.63) is 66.6 Å². The highest BCUT2D eigenvalue weighted by atomic mass is 16.3. The fourth-order valence-corrected chi connectivity index (χ4v) is 2.27. The molecule has 0 aliphatic heterocycles. The van der Waals surface area contributed by atoms with Crippen LogP contribution in [0.2, 0.25) is 0 Å². The summed E-state index contributed by atoms with van der Waals surface area (Å²) in [5.74, 6) is 0.998. The largest absolute Gasteiger partial charge is 0.469 e. The Labute approximate surface area is 123 Å². The minimum Gasteiger partial charge on any atom is -0.469 e. The molecule has 1 unspecified atom stereocenters. The van der Waals surface area contributed by atoms with Gasteiger partial charge in [0.15, 0.2) is 0 Å². The van der Waals surface area contributed by atoms with Gasteiger partial charge in [0.25, 0.3) is 0 Å². The molecule has 21 heavy (non-hydrogen) atoms. The maximum atomic E-state index is 5.36. The van der Waals surface area contributed by atoms with Crippen molar-refractivity contribution in [1.29, 1.82) is 0 Å². The van der Waals surface area contributed by atoms with Crippen LogP contribution in [-0.2, 0) is 13.0 Å². The monoisotopic (exact) mass is 282 g/mol. The number of anilines is 1. The predicted octanol–water partition coefficient (Wildman–Crippen LogP) is 2.96. The molecule has 108 valence electrons. The van der Waals surface area contributed by atoms with E-state index >= 15 is 0 Å². The van der Waals surface area contributed by atoms with Gasteiger partial charge in [-0.05, 0) is 36.8 Å². The SMILES string of the molecule is CC(Cc1ccco1)Nc1ccc(Cn2cncn2)cc1. The van der Waals surface area contributed by atoms with Crippen molar-refractivity contribution < 1.29 is 4.42 Å². The zero-order chi connectivity index (χ0) is 14.5. The third-order valence-electron chi connectivity index (χ3n) is 3.27. The summed E-state index contributed by atoms with van der Waals surface area (Å²) < 4.78 is 7.17. The summed E-state index contributed by atoms with van der Waals surface area (Å²) in [7, 11) is 0. The van der Waals surface area contributed by atoms with E-state index in [0.717, 1.165) is 24.4 Å². The first-order valence-corrected chi connectivity index (χ1v) is 7.00. The smallest absolute Gasteiger partial charge is 0.137 e. The molecule has 2 aromatic heterocycles. The van der Waals surface area contributed by atoms with Gasteiger partial charge in [-0.15, -0.1) is 0 Å². The first-order valence-electron chi connectivity index (χ1n) is 7.00. The summed E-state index contributed by atoms with van der Waals surface area (Å²) >= 11 is 0. The van der Waals surface area contributed by atoms with Crippen molar-refractivity contribution >= 4 is 5.69 Å². The summed E-state index contributed by atoms with van der Waals surface area (Å²) in [4.78, 5) is 3.94. The van der Waals surface area contributed by atoms with Crippen LogP contribution in [0.25, 0.3) is 0 Å². The number of aromatic nitrogens is 3. The van der Waals surface area contributed by atoms with E-state index in [-0.39, 0.29) is 0 Å². The molecule has 1 aromatic carbocycles. The molecule has 0 saturated carbocycles. The molecule has 2 heterocycles. The number of furan rings is 1. The van der Waals surface area contributed by atoms with Crippen LogP contribution in [0.15, 0.2) is 59.7 Å². The summed E-state index contributed by atoms with van der Waals surface area (Å²) in [6.07, 6.45) is 5.85. The van der Waals surface area contributed by atoms with E-state index in [0.29, 0.717) is 6.04 Å². The van der Waals surface area contributed by atoms with Crippen molar-refractivity contribution in [3.63, 3.8) is 0 Å². The summed E-state index contributed by atoms with van der Waals surface area (Å²) in [5.41, 5.74) is 2.31. The number of nitrogens with one attached hydrogen (secondary N) is 1. The minimum absolute atomic E-state index is 0.317. The number of hydrogen-bond donors (Lipinski definition) is 1. The van der Waals surface area contributed by atoms with E-state index in [9.17, 15) is 0 Å². The molecule has 5 nitrogen and oxygen atoms in total. The van der Waals surface area contributed by atoms with Gasteiger partial charge >= 0.3 is 0 Å². The molecule has 3 rings (SSSR count). The molecule has 1 atom stereocenters. The summed E-state index contributed by atoms with van der Waals surface area (Å²) in [6, 6.07) is 12.6. The van der Waals surface area contributed by atoms with Gasteiger partial charge in [-0.1, -0.05) is 12.1 Å². The van der Waals surface area contributed by atoms with E-state index in [1.165, 1.54) is 5.56 Å². The Morgan fingerprint density at radius 1 is 1.24 bits per heavy atom. The third-order valence-corrected chi connectivity index (χ3v) is 3.27. The second kappa shape index (κ2) is 6.26. The van der Waals surface area contributed by atoms with Crippen molar-refractivity contribution in [2.75, 3.05) is 5.32 Å². The van der Waals surface area contributed by atoms with Crippen LogP contribution in [0.3, 0.4) is 0 Å². The van der Waals surface area contributed by atoms with Crippen LogP contribution in [0.1, 0.15) is 18.2 Å². The normalized spacial score (nSPS) is 12.2. The lowest BCUT2D eigenvalue weighted by Crippen LogP contribution is -2.17. The number of benzene rings is 1. The van der Waals surface area contributed by atoms with Crippen LogP contribution >= 0.6 is 0 Å². The van der Waals surface area contributed by atoms with Crippen molar-refractivity contribution in [2.24, 2.45) is 0 Å². The van der Waals surface area contributed by atoms with Crippen LogP contribution in [0.5, 0.6) is 0 Å². The number of nitrogens with zero attached hydrogens (tertiary/aromatic N) is 3. The minimum atomic E-state index is 0.317. The Hall–Kier alpha value is -2.56. The molecule has 1 N–H and O–H groups in total. The van der Waals surface area contributed by atoms with E-state index in [2.05, 4.69) is 46.6 Å². The average Bonchev–Trinajstić information content (AvgIpc) is 3.14. The Balaban J connectivity index is 1.56. The lowest BCUT2D eigenvalue weighted by molar-refractivity contribution is 0.498. The molecule has 3 aromatic rings. The summed E-state index contributed by atoms with van der Waals surface area (Å²) in [5, 5.41) is 7.58. The lowest BCUT2D eigenvalue weighted by atomic mass is 10.1. The maximum Gasteiger partial charge on any atom is 0.137 e. The number of rotatable bonds is 6. The van der Waals surface area contributed by atoms with Crippen LogP contribution in [0, 0.1) is 0 Å². The second-order valence-corrected chi connectivity index (χ2v) is 5.12. The van der Waals surface area contributed by atoms with Crippen LogP contribution < -0.4 is 5.32 Å². The first kappa shape index (κ1) is 13.4. The standard InChI is InChI=1S/C16H18N4O/c1-13(9-16-3-2-8-21-16)19-15-6-4-14(5-7-15)10-20-12-17-11-18-20/h2-8,11-13,19H,9-10H2,1H3. The van der Waals surface area contributed by atoms with Crippen molar-refractivity contribution in [2.45, 2.75) is 25.9 Å². The van der Waals surface area contributed by atoms with Gasteiger partial charge in [-0.25, -0.2) is 9.67 Å². The highest BCUT2D eigenvalue weighted by Crippen LogP contribution is 2.13. The van der Waals surface area contributed by atoms with E-state index in [4.69, 9.17) is 4.42 Å². The molecular weight excluding hydrogens is 264 g/mol. The molecule has 0 aliphatic carbocycles. The van der Waals surface area contributed by atoms with Crippen molar-refractivity contribution in [3.8, 4) is 0 Å². The Morgan fingerprint density at radius 3 is 2.76 bits per heavy atom. The molecule has 0 spiro atoms. The van der Waals surface area contributed by atoms with Crippen LogP contribution in [0.4, 0.5) is 5.69 Å². The molecule has 0 saturated heterocycles. The molecular formula is C16H18N4O. The maximum absolute atomic E-state index is 5.36. The molecule has 0 radical (unpaired) electrons. The topological polar surface area (TPSA) is 55.9 Å².